The Morgan fingerprint density at radius 2 is 1.64 bits per heavy atom. The van der Waals surface area contributed by atoms with Crippen LogP contribution in [0.2, 0.25) is 5.02 Å². The summed E-state index contributed by atoms with van der Waals surface area (Å²) < 4.78 is 0. The van der Waals surface area contributed by atoms with Crippen LogP contribution in [0.3, 0.4) is 0 Å². The minimum absolute atomic E-state index is 0.763. The fraction of sp³-hybridized carbons (Fsp3) is 0.120. The number of aryl methyl sites for hydroxylation is 1. The van der Waals surface area contributed by atoms with Crippen molar-refractivity contribution in [2.75, 3.05) is 6.54 Å². The summed E-state index contributed by atoms with van der Waals surface area (Å²) in [7, 11) is 0. The van der Waals surface area contributed by atoms with Crippen LogP contribution in [0.15, 0.2) is 79.5 Å². The van der Waals surface area contributed by atoms with Crippen LogP contribution in [-0.4, -0.2) is 11.5 Å². The van der Waals surface area contributed by atoms with E-state index in [1.165, 1.54) is 27.6 Å². The van der Waals surface area contributed by atoms with Gasteiger partial charge in [-0.15, -0.1) is 0 Å². The van der Waals surface area contributed by atoms with Gasteiger partial charge in [-0.25, -0.2) is 0 Å². The van der Waals surface area contributed by atoms with Gasteiger partial charge in [0.05, 0.1) is 0 Å². The molecule has 0 aliphatic carbocycles. The van der Waals surface area contributed by atoms with Crippen molar-refractivity contribution in [2.24, 2.45) is 0 Å². The Hall–Kier alpha value is -2.97. The first-order valence-electron chi connectivity index (χ1n) is 9.46. The molecule has 0 aliphatic rings. The molecule has 0 amide bonds. The molecule has 0 saturated carbocycles. The fourth-order valence-electron chi connectivity index (χ4n) is 3.42. The molecule has 0 radical (unpaired) electrons. The molecular formula is C25H23ClN2. The summed E-state index contributed by atoms with van der Waals surface area (Å²) in [5, 5.41) is 5.39. The first kappa shape index (κ1) is 18.4. The standard InChI is InChI=1S/C25H23ClN2/c1-17-3-5-20(6-4-17)21-9-7-19(8-10-21)18(2)27-14-13-22-16-28-25-12-11-23(26)15-24(22)25/h3-12,15-16,27-28H,2,13-14H2,1H3. The molecule has 0 bridgehead atoms. The smallest absolute Gasteiger partial charge is 0.0457 e. The van der Waals surface area contributed by atoms with Crippen molar-refractivity contribution in [3.05, 3.63) is 101 Å². The molecule has 4 aromatic rings. The Bertz CT molecular complexity index is 1110. The van der Waals surface area contributed by atoms with E-state index in [0.29, 0.717) is 0 Å². The first-order valence-corrected chi connectivity index (χ1v) is 9.84. The number of H-pyrrole nitrogens is 1. The van der Waals surface area contributed by atoms with Crippen LogP contribution in [0.25, 0.3) is 27.7 Å². The van der Waals surface area contributed by atoms with E-state index >= 15 is 0 Å². The van der Waals surface area contributed by atoms with Crippen molar-refractivity contribution in [3.8, 4) is 11.1 Å². The molecule has 0 fully saturated rings. The van der Waals surface area contributed by atoms with Crippen molar-refractivity contribution >= 4 is 28.2 Å². The third-order valence-corrected chi connectivity index (χ3v) is 5.32. The summed E-state index contributed by atoms with van der Waals surface area (Å²) in [6.45, 7) is 7.12. The Morgan fingerprint density at radius 1 is 0.964 bits per heavy atom. The zero-order valence-corrected chi connectivity index (χ0v) is 16.7. The molecule has 0 saturated heterocycles. The first-order chi connectivity index (χ1) is 13.6. The summed E-state index contributed by atoms with van der Waals surface area (Å²) in [4.78, 5) is 3.30. The van der Waals surface area contributed by atoms with Crippen LogP contribution in [0.4, 0.5) is 0 Å². The van der Waals surface area contributed by atoms with E-state index in [1.54, 1.807) is 0 Å². The van der Waals surface area contributed by atoms with Crippen LogP contribution in [0, 0.1) is 6.92 Å². The van der Waals surface area contributed by atoms with Gasteiger partial charge in [-0.1, -0.05) is 72.3 Å². The van der Waals surface area contributed by atoms with E-state index in [-0.39, 0.29) is 0 Å². The maximum Gasteiger partial charge on any atom is 0.0457 e. The van der Waals surface area contributed by atoms with Gasteiger partial charge in [-0.05, 0) is 53.8 Å². The summed E-state index contributed by atoms with van der Waals surface area (Å²) in [5.74, 6) is 0. The minimum atomic E-state index is 0.763. The molecule has 1 heterocycles. The van der Waals surface area contributed by atoms with E-state index in [2.05, 4.69) is 78.5 Å². The van der Waals surface area contributed by atoms with E-state index < -0.39 is 0 Å². The lowest BCUT2D eigenvalue weighted by atomic mass is 10.0. The number of aromatic amines is 1. The Labute approximate surface area is 170 Å². The SMILES string of the molecule is C=C(NCCc1c[nH]c2ccc(Cl)cc12)c1ccc(-c2ccc(C)cc2)cc1. The van der Waals surface area contributed by atoms with Crippen molar-refractivity contribution in [1.82, 2.24) is 10.3 Å². The van der Waals surface area contributed by atoms with Gasteiger partial charge in [0.2, 0.25) is 0 Å². The average Bonchev–Trinajstić information content (AvgIpc) is 3.11. The predicted molar refractivity (Wildman–Crippen MR) is 121 cm³/mol. The average molecular weight is 387 g/mol. The second-order valence-corrected chi connectivity index (χ2v) is 7.54. The van der Waals surface area contributed by atoms with Gasteiger partial charge in [0.25, 0.3) is 0 Å². The highest BCUT2D eigenvalue weighted by atomic mass is 35.5. The number of aromatic nitrogens is 1. The fourth-order valence-corrected chi connectivity index (χ4v) is 3.59. The lowest BCUT2D eigenvalue weighted by Gasteiger charge is -2.11. The van der Waals surface area contributed by atoms with Gasteiger partial charge in [0.1, 0.15) is 0 Å². The van der Waals surface area contributed by atoms with E-state index in [1.807, 2.05) is 18.2 Å². The largest absolute Gasteiger partial charge is 0.385 e. The van der Waals surface area contributed by atoms with E-state index in [9.17, 15) is 0 Å². The molecule has 1 aromatic heterocycles. The minimum Gasteiger partial charge on any atom is -0.385 e. The van der Waals surface area contributed by atoms with Crippen LogP contribution in [0.5, 0.6) is 0 Å². The second kappa shape index (κ2) is 7.95. The molecule has 140 valence electrons. The molecule has 0 spiro atoms. The summed E-state index contributed by atoms with van der Waals surface area (Å²) >= 11 is 6.13. The van der Waals surface area contributed by atoms with E-state index in [4.69, 9.17) is 11.6 Å². The maximum atomic E-state index is 6.13. The quantitative estimate of drug-likeness (QED) is 0.384. The molecule has 3 aromatic carbocycles. The number of fused-ring (bicyclic) bond motifs is 1. The summed E-state index contributed by atoms with van der Waals surface area (Å²) in [5.41, 5.74) is 8.14. The molecule has 28 heavy (non-hydrogen) atoms. The molecule has 3 heteroatoms. The highest BCUT2D eigenvalue weighted by Crippen LogP contribution is 2.24. The molecule has 2 nitrogen and oxygen atoms in total. The molecule has 0 unspecified atom stereocenters. The summed E-state index contributed by atoms with van der Waals surface area (Å²) in [6, 6.07) is 23.1. The number of halogens is 1. The molecular weight excluding hydrogens is 364 g/mol. The number of hydrogen-bond acceptors (Lipinski definition) is 1. The normalized spacial score (nSPS) is 10.9. The van der Waals surface area contributed by atoms with Gasteiger partial charge in [-0.2, -0.15) is 0 Å². The monoisotopic (exact) mass is 386 g/mol. The topological polar surface area (TPSA) is 27.8 Å². The van der Waals surface area contributed by atoms with Crippen molar-refractivity contribution < 1.29 is 0 Å². The van der Waals surface area contributed by atoms with Crippen LogP contribution in [-0.2, 0) is 6.42 Å². The van der Waals surface area contributed by atoms with Gasteiger partial charge in [0, 0.05) is 34.4 Å². The third kappa shape index (κ3) is 3.97. The molecule has 0 atom stereocenters. The van der Waals surface area contributed by atoms with Gasteiger partial charge in [0.15, 0.2) is 0 Å². The van der Waals surface area contributed by atoms with Crippen LogP contribution < -0.4 is 5.32 Å². The highest BCUT2D eigenvalue weighted by Gasteiger charge is 2.05. The second-order valence-electron chi connectivity index (χ2n) is 7.10. The number of rotatable bonds is 6. The zero-order valence-electron chi connectivity index (χ0n) is 15.9. The number of nitrogens with one attached hydrogen (secondary N) is 2. The Balaban J connectivity index is 1.38. The zero-order chi connectivity index (χ0) is 19.5. The van der Waals surface area contributed by atoms with Crippen molar-refractivity contribution in [3.63, 3.8) is 0 Å². The maximum absolute atomic E-state index is 6.13. The van der Waals surface area contributed by atoms with E-state index in [0.717, 1.165) is 34.8 Å². The highest BCUT2D eigenvalue weighted by molar-refractivity contribution is 6.31. The lowest BCUT2D eigenvalue weighted by Crippen LogP contribution is -2.14. The van der Waals surface area contributed by atoms with Crippen LogP contribution in [0.1, 0.15) is 16.7 Å². The Kier molecular flexibility index (Phi) is 5.23. The van der Waals surface area contributed by atoms with Crippen LogP contribution >= 0.6 is 11.6 Å². The molecule has 4 rings (SSSR count). The van der Waals surface area contributed by atoms with Gasteiger partial charge >= 0.3 is 0 Å². The van der Waals surface area contributed by atoms with Crippen molar-refractivity contribution in [2.45, 2.75) is 13.3 Å². The summed E-state index contributed by atoms with van der Waals surface area (Å²) in [6.07, 6.45) is 2.96. The molecule has 0 aliphatic heterocycles. The predicted octanol–water partition coefficient (Wildman–Crippen LogP) is 6.60. The van der Waals surface area contributed by atoms with Gasteiger partial charge in [-0.3, -0.25) is 0 Å². The third-order valence-electron chi connectivity index (χ3n) is 5.08. The number of benzene rings is 3. The Morgan fingerprint density at radius 3 is 2.36 bits per heavy atom. The van der Waals surface area contributed by atoms with Gasteiger partial charge < -0.3 is 10.3 Å². The molecule has 2 N–H and O–H groups in total. The van der Waals surface area contributed by atoms with Crippen molar-refractivity contribution in [1.29, 1.82) is 0 Å². The number of hydrogen-bond donors (Lipinski definition) is 2. The lowest BCUT2D eigenvalue weighted by molar-refractivity contribution is 0.853.